The molecule has 1 fully saturated rings. The third-order valence-corrected chi connectivity index (χ3v) is 3.97. The van der Waals surface area contributed by atoms with Gasteiger partial charge >= 0.3 is 0 Å². The summed E-state index contributed by atoms with van der Waals surface area (Å²) in [5.41, 5.74) is 1.05. The van der Waals surface area contributed by atoms with Crippen LogP contribution in [-0.4, -0.2) is 42.9 Å². The lowest BCUT2D eigenvalue weighted by Crippen LogP contribution is -2.45. The molecule has 19 heavy (non-hydrogen) atoms. The van der Waals surface area contributed by atoms with Gasteiger partial charge in [-0.2, -0.15) is 0 Å². The zero-order valence-electron chi connectivity index (χ0n) is 10.6. The molecule has 0 spiro atoms. The van der Waals surface area contributed by atoms with Gasteiger partial charge in [0, 0.05) is 32.2 Å². The highest BCUT2D eigenvalue weighted by Crippen LogP contribution is 2.31. The number of hydrogen-bond acceptors (Lipinski definition) is 3. The minimum absolute atomic E-state index is 0. The van der Waals surface area contributed by atoms with E-state index < -0.39 is 0 Å². The van der Waals surface area contributed by atoms with Crippen LogP contribution >= 0.6 is 28.3 Å². The summed E-state index contributed by atoms with van der Waals surface area (Å²) in [5.74, 6) is 0.220. The monoisotopic (exact) mass is 352 g/mol. The lowest BCUT2D eigenvalue weighted by molar-refractivity contribution is 0.157. The SMILES string of the molecule is Cl.Oc1ccc([C@H](CCF)N2CCNCC2)cc1Br. The number of piperazine rings is 1. The lowest BCUT2D eigenvalue weighted by atomic mass is 10.0. The molecule has 6 heteroatoms. The van der Waals surface area contributed by atoms with Crippen LogP contribution in [0.1, 0.15) is 18.0 Å². The molecule has 1 aliphatic heterocycles. The molecule has 1 aromatic carbocycles. The second kappa shape index (κ2) is 8.04. The Labute approximate surface area is 127 Å². The van der Waals surface area contributed by atoms with E-state index in [1.165, 1.54) is 0 Å². The maximum atomic E-state index is 12.8. The number of alkyl halides is 1. The molecule has 1 aliphatic rings. The molecule has 1 saturated heterocycles. The minimum atomic E-state index is -0.326. The summed E-state index contributed by atoms with van der Waals surface area (Å²) in [5, 5.41) is 12.8. The average molecular weight is 354 g/mol. The molecule has 0 radical (unpaired) electrons. The Kier molecular flexibility index (Phi) is 7.07. The molecule has 1 atom stereocenters. The summed E-state index contributed by atoms with van der Waals surface area (Å²) >= 11 is 3.31. The van der Waals surface area contributed by atoms with Crippen molar-refractivity contribution in [2.45, 2.75) is 12.5 Å². The first-order valence-corrected chi connectivity index (χ1v) is 7.01. The predicted molar refractivity (Wildman–Crippen MR) is 80.8 cm³/mol. The fourth-order valence-corrected chi connectivity index (χ4v) is 2.78. The van der Waals surface area contributed by atoms with Crippen LogP contribution < -0.4 is 5.32 Å². The fourth-order valence-electron chi connectivity index (χ4n) is 2.39. The molecule has 0 amide bonds. The summed E-state index contributed by atoms with van der Waals surface area (Å²) < 4.78 is 13.4. The van der Waals surface area contributed by atoms with E-state index in [2.05, 4.69) is 26.1 Å². The van der Waals surface area contributed by atoms with Gasteiger partial charge in [0.05, 0.1) is 11.1 Å². The molecule has 0 bridgehead atoms. The quantitative estimate of drug-likeness (QED) is 0.874. The summed E-state index contributed by atoms with van der Waals surface area (Å²) in [4.78, 5) is 2.30. The Bertz CT molecular complexity index is 402. The van der Waals surface area contributed by atoms with Gasteiger partial charge in [0.25, 0.3) is 0 Å². The highest BCUT2D eigenvalue weighted by Gasteiger charge is 2.22. The Morgan fingerprint density at radius 3 is 2.63 bits per heavy atom. The zero-order chi connectivity index (χ0) is 13.0. The summed E-state index contributed by atoms with van der Waals surface area (Å²) in [6.45, 7) is 3.43. The number of nitrogens with zero attached hydrogens (tertiary/aromatic N) is 1. The van der Waals surface area contributed by atoms with Crippen molar-refractivity contribution in [1.29, 1.82) is 0 Å². The van der Waals surface area contributed by atoms with Gasteiger partial charge in [0.1, 0.15) is 5.75 Å². The van der Waals surface area contributed by atoms with Crippen molar-refractivity contribution < 1.29 is 9.50 Å². The van der Waals surface area contributed by atoms with Gasteiger partial charge in [-0.05, 0) is 40.0 Å². The topological polar surface area (TPSA) is 35.5 Å². The van der Waals surface area contributed by atoms with E-state index in [-0.39, 0.29) is 30.9 Å². The number of hydrogen-bond donors (Lipinski definition) is 2. The van der Waals surface area contributed by atoms with Gasteiger partial charge in [0.15, 0.2) is 0 Å². The molecule has 2 rings (SSSR count). The maximum Gasteiger partial charge on any atom is 0.129 e. The first kappa shape index (κ1) is 16.7. The van der Waals surface area contributed by atoms with Crippen molar-refractivity contribution in [2.24, 2.45) is 0 Å². The molecule has 1 heterocycles. The fraction of sp³-hybridized carbons (Fsp3) is 0.538. The zero-order valence-corrected chi connectivity index (χ0v) is 13.0. The molecule has 0 unspecified atom stereocenters. The Balaban J connectivity index is 0.00000180. The predicted octanol–water partition coefficient (Wildman–Crippen LogP) is 2.88. The van der Waals surface area contributed by atoms with Gasteiger partial charge in [-0.1, -0.05) is 6.07 Å². The number of phenols is 1. The standard InChI is InChI=1S/C13H18BrFN2O.ClH/c14-11-9-10(1-2-13(11)18)12(3-4-15)17-7-5-16-6-8-17;/h1-2,9,12,16,18H,3-8H2;1H/t12-;/m0./s1. The maximum absolute atomic E-state index is 12.8. The molecule has 0 saturated carbocycles. The Morgan fingerprint density at radius 2 is 2.05 bits per heavy atom. The highest BCUT2D eigenvalue weighted by molar-refractivity contribution is 9.10. The summed E-state index contributed by atoms with van der Waals surface area (Å²) in [7, 11) is 0. The van der Waals surface area contributed by atoms with E-state index in [1.807, 2.05) is 12.1 Å². The van der Waals surface area contributed by atoms with E-state index in [9.17, 15) is 9.50 Å². The van der Waals surface area contributed by atoms with Gasteiger partial charge in [-0.15, -0.1) is 12.4 Å². The van der Waals surface area contributed by atoms with Crippen molar-refractivity contribution in [3.8, 4) is 5.75 Å². The average Bonchev–Trinajstić information content (AvgIpc) is 2.40. The van der Waals surface area contributed by atoms with Crippen LogP contribution in [0.4, 0.5) is 4.39 Å². The number of nitrogens with one attached hydrogen (secondary N) is 1. The third kappa shape index (κ3) is 4.31. The van der Waals surface area contributed by atoms with Gasteiger partial charge in [-0.3, -0.25) is 9.29 Å². The molecule has 1 aromatic rings. The van der Waals surface area contributed by atoms with Crippen molar-refractivity contribution in [3.05, 3.63) is 28.2 Å². The summed E-state index contributed by atoms with van der Waals surface area (Å²) in [6.07, 6.45) is 0.497. The Morgan fingerprint density at radius 1 is 1.37 bits per heavy atom. The lowest BCUT2D eigenvalue weighted by Gasteiger charge is -2.35. The number of aromatic hydroxyl groups is 1. The van der Waals surface area contributed by atoms with Crippen LogP contribution in [0.5, 0.6) is 5.75 Å². The number of phenolic OH excluding ortho intramolecular Hbond substituents is 1. The Hall–Kier alpha value is -0.360. The van der Waals surface area contributed by atoms with Crippen LogP contribution in [-0.2, 0) is 0 Å². The first-order chi connectivity index (χ1) is 8.72. The second-order valence-corrected chi connectivity index (χ2v) is 5.34. The van der Waals surface area contributed by atoms with Gasteiger partial charge < -0.3 is 10.4 Å². The first-order valence-electron chi connectivity index (χ1n) is 6.21. The van der Waals surface area contributed by atoms with E-state index in [0.29, 0.717) is 10.9 Å². The van der Waals surface area contributed by atoms with Crippen molar-refractivity contribution in [2.75, 3.05) is 32.9 Å². The van der Waals surface area contributed by atoms with Crippen LogP contribution in [0.3, 0.4) is 0 Å². The van der Waals surface area contributed by atoms with Crippen molar-refractivity contribution >= 4 is 28.3 Å². The van der Waals surface area contributed by atoms with Crippen molar-refractivity contribution in [3.63, 3.8) is 0 Å². The minimum Gasteiger partial charge on any atom is -0.507 e. The molecular weight excluding hydrogens is 335 g/mol. The highest BCUT2D eigenvalue weighted by atomic mass is 79.9. The molecule has 2 N–H and O–H groups in total. The van der Waals surface area contributed by atoms with Crippen LogP contribution in [0.25, 0.3) is 0 Å². The molecule has 0 aliphatic carbocycles. The van der Waals surface area contributed by atoms with Gasteiger partial charge in [-0.25, -0.2) is 0 Å². The van der Waals surface area contributed by atoms with E-state index in [0.717, 1.165) is 31.7 Å². The second-order valence-electron chi connectivity index (χ2n) is 4.49. The van der Waals surface area contributed by atoms with Gasteiger partial charge in [0.2, 0.25) is 0 Å². The molecule has 108 valence electrons. The molecule has 0 aromatic heterocycles. The van der Waals surface area contributed by atoms with E-state index >= 15 is 0 Å². The largest absolute Gasteiger partial charge is 0.507 e. The van der Waals surface area contributed by atoms with Crippen LogP contribution in [0.2, 0.25) is 0 Å². The number of rotatable bonds is 4. The van der Waals surface area contributed by atoms with Crippen LogP contribution in [0.15, 0.2) is 22.7 Å². The third-order valence-electron chi connectivity index (χ3n) is 3.33. The van der Waals surface area contributed by atoms with E-state index in [1.54, 1.807) is 6.07 Å². The normalized spacial score (nSPS) is 17.8. The molecule has 3 nitrogen and oxygen atoms in total. The summed E-state index contributed by atoms with van der Waals surface area (Å²) in [6, 6.07) is 5.52. The van der Waals surface area contributed by atoms with E-state index in [4.69, 9.17) is 0 Å². The smallest absolute Gasteiger partial charge is 0.129 e. The van der Waals surface area contributed by atoms with Crippen LogP contribution in [0, 0.1) is 0 Å². The molecular formula is C13H19BrClFN2O. The number of halogens is 3. The van der Waals surface area contributed by atoms with Crippen molar-refractivity contribution in [1.82, 2.24) is 10.2 Å². The number of benzene rings is 1.